The number of nitriles is 1. The Morgan fingerprint density at radius 1 is 1.03 bits per heavy atom. The van der Waals surface area contributed by atoms with Crippen LogP contribution in [0.15, 0.2) is 67.5 Å². The number of rotatable bonds is 6. The van der Waals surface area contributed by atoms with Crippen molar-refractivity contribution in [1.29, 1.82) is 5.26 Å². The van der Waals surface area contributed by atoms with Crippen molar-refractivity contribution in [2.45, 2.75) is 13.0 Å². The van der Waals surface area contributed by atoms with Gasteiger partial charge in [0.15, 0.2) is 11.6 Å². The van der Waals surface area contributed by atoms with Gasteiger partial charge in [-0.25, -0.2) is 23.6 Å². The lowest BCUT2D eigenvalue weighted by molar-refractivity contribution is 0.122. The Hall–Kier alpha value is -4.82. The largest absolute Gasteiger partial charge is 0.378 e. The molecule has 6 heterocycles. The topological polar surface area (TPSA) is 100 Å². The van der Waals surface area contributed by atoms with Gasteiger partial charge in [0.25, 0.3) is 0 Å². The van der Waals surface area contributed by atoms with Crippen molar-refractivity contribution < 1.29 is 9.13 Å². The van der Waals surface area contributed by atoms with Crippen molar-refractivity contribution in [3.8, 4) is 23.0 Å². The van der Waals surface area contributed by atoms with E-state index in [1.807, 2.05) is 43.7 Å². The molecule has 5 aromatic heterocycles. The number of pyridine rings is 3. The minimum atomic E-state index is -0.408. The summed E-state index contributed by atoms with van der Waals surface area (Å²) in [6.07, 6.45) is 9.60. The van der Waals surface area contributed by atoms with E-state index in [4.69, 9.17) is 9.72 Å². The summed E-state index contributed by atoms with van der Waals surface area (Å²) >= 11 is 0. The third-order valence-corrected chi connectivity index (χ3v) is 7.13. The first-order chi connectivity index (χ1) is 19.0. The molecule has 0 aliphatic carbocycles. The number of aromatic nitrogens is 6. The third kappa shape index (κ3) is 4.66. The maximum Gasteiger partial charge on any atom is 0.161 e. The molecule has 0 saturated carbocycles. The van der Waals surface area contributed by atoms with Gasteiger partial charge in [0.1, 0.15) is 11.9 Å². The van der Waals surface area contributed by atoms with Crippen molar-refractivity contribution >= 4 is 17.0 Å². The van der Waals surface area contributed by atoms with Crippen LogP contribution in [0.25, 0.3) is 22.5 Å². The maximum atomic E-state index is 13.3. The molecule has 1 saturated heterocycles. The van der Waals surface area contributed by atoms with E-state index in [1.54, 1.807) is 16.9 Å². The summed E-state index contributed by atoms with van der Waals surface area (Å²) in [7, 11) is 1.98. The van der Waals surface area contributed by atoms with E-state index in [2.05, 4.69) is 44.0 Å². The van der Waals surface area contributed by atoms with Gasteiger partial charge in [-0.05, 0) is 36.8 Å². The van der Waals surface area contributed by atoms with Crippen LogP contribution in [0.5, 0.6) is 0 Å². The van der Waals surface area contributed by atoms with Crippen molar-refractivity contribution in [1.82, 2.24) is 29.4 Å². The Morgan fingerprint density at radius 2 is 1.87 bits per heavy atom. The molecule has 1 aliphatic heterocycles. The molecule has 11 heteroatoms. The van der Waals surface area contributed by atoms with Crippen LogP contribution >= 0.6 is 0 Å². The van der Waals surface area contributed by atoms with Crippen LogP contribution < -0.4 is 9.80 Å². The van der Waals surface area contributed by atoms with E-state index in [9.17, 15) is 9.65 Å². The number of hydrogen-bond donors (Lipinski definition) is 0. The third-order valence-electron chi connectivity index (χ3n) is 7.13. The van der Waals surface area contributed by atoms with E-state index in [0.29, 0.717) is 24.6 Å². The molecule has 1 aliphatic rings. The van der Waals surface area contributed by atoms with Crippen LogP contribution in [0.4, 0.5) is 15.9 Å². The Labute approximate surface area is 224 Å². The van der Waals surface area contributed by atoms with Crippen molar-refractivity contribution in [2.24, 2.45) is 0 Å². The van der Waals surface area contributed by atoms with Crippen molar-refractivity contribution in [2.75, 3.05) is 43.2 Å². The van der Waals surface area contributed by atoms with Crippen LogP contribution in [-0.4, -0.2) is 62.7 Å². The summed E-state index contributed by atoms with van der Waals surface area (Å²) < 4.78 is 22.0. The molecule has 1 atom stereocenters. The highest BCUT2D eigenvalue weighted by Gasteiger charge is 2.19. The molecule has 5 aromatic rings. The Kier molecular flexibility index (Phi) is 6.38. The summed E-state index contributed by atoms with van der Waals surface area (Å²) in [5.74, 6) is 0.926. The van der Waals surface area contributed by atoms with Gasteiger partial charge in [-0.3, -0.25) is 0 Å². The fourth-order valence-corrected chi connectivity index (χ4v) is 4.79. The molecule has 39 heavy (non-hydrogen) atoms. The Bertz CT molecular complexity index is 1650. The molecule has 1 fully saturated rings. The summed E-state index contributed by atoms with van der Waals surface area (Å²) in [5, 5.41) is 18.1. The zero-order valence-electron chi connectivity index (χ0n) is 21.6. The summed E-state index contributed by atoms with van der Waals surface area (Å²) in [4.78, 5) is 13.5. The molecule has 10 nitrogen and oxygen atoms in total. The molecule has 6 rings (SSSR count). The van der Waals surface area contributed by atoms with Crippen LogP contribution in [0.1, 0.15) is 24.1 Å². The smallest absolute Gasteiger partial charge is 0.161 e. The normalized spacial score (nSPS) is 14.4. The van der Waals surface area contributed by atoms with Gasteiger partial charge in [-0.15, -0.1) is 0 Å². The number of ether oxygens (including phenoxy) is 1. The second kappa shape index (κ2) is 10.2. The lowest BCUT2D eigenvalue weighted by Crippen LogP contribution is -2.36. The second-order valence-electron chi connectivity index (χ2n) is 9.42. The molecule has 0 amide bonds. The summed E-state index contributed by atoms with van der Waals surface area (Å²) in [6, 6.07) is 12.1. The fourth-order valence-electron chi connectivity index (χ4n) is 4.79. The van der Waals surface area contributed by atoms with Gasteiger partial charge in [0.2, 0.25) is 0 Å². The van der Waals surface area contributed by atoms with Gasteiger partial charge in [0, 0.05) is 43.7 Å². The van der Waals surface area contributed by atoms with E-state index < -0.39 is 5.82 Å². The van der Waals surface area contributed by atoms with E-state index in [1.165, 1.54) is 10.9 Å². The monoisotopic (exact) mass is 523 g/mol. The molecule has 0 N–H and O–H groups in total. The second-order valence-corrected chi connectivity index (χ2v) is 9.42. The minimum absolute atomic E-state index is 0.0179. The number of nitrogens with zero attached hydrogens (tertiary/aromatic N) is 9. The summed E-state index contributed by atoms with van der Waals surface area (Å²) in [6.45, 7) is 5.02. The molecule has 0 bridgehead atoms. The molecule has 0 spiro atoms. The van der Waals surface area contributed by atoms with Crippen LogP contribution in [0.3, 0.4) is 0 Å². The number of fused-ring (bicyclic) bond motifs is 1. The van der Waals surface area contributed by atoms with Crippen LogP contribution in [0.2, 0.25) is 0 Å². The van der Waals surface area contributed by atoms with Crippen molar-refractivity contribution in [3.05, 3.63) is 84.5 Å². The highest BCUT2D eigenvalue weighted by Crippen LogP contribution is 2.33. The quantitative estimate of drug-likeness (QED) is 0.329. The number of anilines is 2. The number of halogens is 1. The van der Waals surface area contributed by atoms with Crippen LogP contribution in [0, 0.1) is 17.1 Å². The van der Waals surface area contributed by atoms with Gasteiger partial charge in [-0.1, -0.05) is 6.07 Å². The summed E-state index contributed by atoms with van der Waals surface area (Å²) in [5.41, 5.74) is 5.08. The zero-order valence-corrected chi connectivity index (χ0v) is 21.6. The van der Waals surface area contributed by atoms with E-state index in [0.717, 1.165) is 53.0 Å². The van der Waals surface area contributed by atoms with Gasteiger partial charge in [-0.2, -0.15) is 15.5 Å². The first-order valence-corrected chi connectivity index (χ1v) is 12.6. The van der Waals surface area contributed by atoms with Gasteiger partial charge in [0.05, 0.1) is 60.8 Å². The average Bonchev–Trinajstić information content (AvgIpc) is 3.62. The number of morpholine rings is 1. The van der Waals surface area contributed by atoms with E-state index >= 15 is 0 Å². The van der Waals surface area contributed by atoms with E-state index in [-0.39, 0.29) is 6.04 Å². The first-order valence-electron chi connectivity index (χ1n) is 12.6. The van der Waals surface area contributed by atoms with Crippen molar-refractivity contribution in [3.63, 3.8) is 0 Å². The average molecular weight is 524 g/mol. The lowest BCUT2D eigenvalue weighted by Gasteiger charge is -2.29. The van der Waals surface area contributed by atoms with Gasteiger partial charge >= 0.3 is 0 Å². The first kappa shape index (κ1) is 24.5. The van der Waals surface area contributed by atoms with Gasteiger partial charge < -0.3 is 14.5 Å². The lowest BCUT2D eigenvalue weighted by atomic mass is 10.0. The fraction of sp³-hybridized carbons (Fsp3) is 0.250. The predicted molar refractivity (Wildman–Crippen MR) is 144 cm³/mol. The SMILES string of the molecule is C[C@@H](c1ccc(-n2cc(F)cn2)nc1)N(C)c1ccc(-c2cc(N3CCOCC3)cn3ncc(C#N)c23)cn1. The molecule has 196 valence electrons. The molecular weight excluding hydrogens is 497 g/mol. The predicted octanol–water partition coefficient (Wildman–Crippen LogP) is 4.02. The standard InChI is InChI=1S/C28H26FN9O/c1-19(20-3-6-27(32-13-20)37-17-23(29)16-34-37)35(2)26-5-4-21(14-31-26)25-11-24(36-7-9-39-10-8-36)18-38-28(25)22(12-30)15-33-38/h3-6,11,13-19H,7-10H2,1-2H3/t19-/m0/s1. The highest BCUT2D eigenvalue weighted by atomic mass is 19.1. The molecule has 0 aromatic carbocycles. The Balaban J connectivity index is 1.27. The zero-order chi connectivity index (χ0) is 26.9. The minimum Gasteiger partial charge on any atom is -0.378 e. The molecule has 0 unspecified atom stereocenters. The molecular formula is C28H26FN9O. The number of hydrogen-bond acceptors (Lipinski definition) is 8. The maximum absolute atomic E-state index is 13.3. The molecule has 0 radical (unpaired) electrons. The Morgan fingerprint density at radius 3 is 2.54 bits per heavy atom. The van der Waals surface area contributed by atoms with Crippen LogP contribution in [-0.2, 0) is 4.74 Å². The highest BCUT2D eigenvalue weighted by molar-refractivity contribution is 5.86.